The van der Waals surface area contributed by atoms with E-state index in [2.05, 4.69) is 191 Å². The van der Waals surface area contributed by atoms with Crippen molar-refractivity contribution in [1.82, 2.24) is 23.7 Å². The molecule has 0 aliphatic rings. The van der Waals surface area contributed by atoms with Crippen LogP contribution in [-0.4, -0.2) is 23.7 Å². The molecule has 382 valence electrons. The molecule has 4 aromatic heterocycles. The van der Waals surface area contributed by atoms with Crippen molar-refractivity contribution in [3.8, 4) is 73.2 Å². The third-order valence-corrected chi connectivity index (χ3v) is 15.9. The highest BCUT2D eigenvalue weighted by atomic mass is 15.0. The van der Waals surface area contributed by atoms with Gasteiger partial charge in [0.05, 0.1) is 76.5 Å². The van der Waals surface area contributed by atoms with Gasteiger partial charge in [0.2, 0.25) is 11.4 Å². The van der Waals surface area contributed by atoms with Gasteiger partial charge in [-0.1, -0.05) is 158 Å². The van der Waals surface area contributed by atoms with E-state index in [1.807, 2.05) is 72.8 Å². The summed E-state index contributed by atoms with van der Waals surface area (Å²) in [6.07, 6.45) is 0. The van der Waals surface area contributed by atoms with Crippen LogP contribution in [0.15, 0.2) is 249 Å². The van der Waals surface area contributed by atoms with Crippen LogP contribution in [0.5, 0.6) is 0 Å². The Morgan fingerprint density at radius 2 is 0.651 bits per heavy atom. The van der Waals surface area contributed by atoms with E-state index in [0.29, 0.717) is 45.6 Å². The fourth-order valence-electron chi connectivity index (χ4n) is 12.1. The summed E-state index contributed by atoms with van der Waals surface area (Å²) in [7, 11) is 0. The predicted molar refractivity (Wildman–Crippen MR) is 337 cm³/mol. The normalized spacial score (nSPS) is 11.3. The minimum absolute atomic E-state index is 0.374. The molecule has 0 N–H and O–H groups in total. The zero-order valence-electron chi connectivity index (χ0n) is 44.2. The van der Waals surface area contributed by atoms with Crippen LogP contribution in [0.25, 0.3) is 158 Å². The Balaban J connectivity index is 0.824. The summed E-state index contributed by atoms with van der Waals surface area (Å²) in [5.74, 6) is 0.483. The van der Waals surface area contributed by atoms with Gasteiger partial charge >= 0.3 is 0 Å². The Hall–Kier alpha value is -12.1. The first-order chi connectivity index (χ1) is 40.9. The molecule has 0 atom stereocenters. The summed E-state index contributed by atoms with van der Waals surface area (Å²) in [5.41, 5.74) is 18.0. The maximum atomic E-state index is 8.74. The quantitative estimate of drug-likeness (QED) is 0.142. The molecular weight excluding hydrogens is 1010 g/mol. The van der Waals surface area contributed by atoms with Crippen molar-refractivity contribution in [1.29, 1.82) is 0 Å². The van der Waals surface area contributed by atoms with E-state index in [4.69, 9.17) is 36.3 Å². The van der Waals surface area contributed by atoms with Crippen LogP contribution in [0.2, 0.25) is 0 Å². The highest BCUT2D eigenvalue weighted by molar-refractivity contribution is 6.15. The third kappa shape index (κ3) is 7.90. The van der Waals surface area contributed by atoms with E-state index in [9.17, 15) is 0 Å². The summed E-state index contributed by atoms with van der Waals surface area (Å²) in [6, 6.07) is 84.1. The van der Waals surface area contributed by atoms with Gasteiger partial charge in [-0.05, 0) is 119 Å². The van der Waals surface area contributed by atoms with Gasteiger partial charge in [-0.3, -0.25) is 0 Å². The minimum atomic E-state index is 0.374. The fraction of sp³-hybridized carbons (Fsp3) is 0. The van der Waals surface area contributed by atoms with Crippen LogP contribution in [-0.2, 0) is 0 Å². The monoisotopic (exact) mass is 1060 g/mol. The van der Waals surface area contributed by atoms with Gasteiger partial charge in [-0.2, -0.15) is 0 Å². The van der Waals surface area contributed by atoms with Crippen molar-refractivity contribution in [3.05, 3.63) is 294 Å². The molecule has 0 saturated carbocycles. The summed E-state index contributed by atoms with van der Waals surface area (Å²) < 4.78 is 6.79. The molecule has 0 radical (unpaired) electrons. The van der Waals surface area contributed by atoms with Gasteiger partial charge in [0.1, 0.15) is 0 Å². The predicted octanol–water partition coefficient (Wildman–Crippen LogP) is 20.3. The maximum Gasteiger partial charge on any atom is 0.200 e. The lowest BCUT2D eigenvalue weighted by Crippen LogP contribution is -1.97. The SMILES string of the molecule is [C-]#[N+]c1cccc(-c2cc(-c3ccc(-c4ccc(-c5cc([N+]#[C-])c(-n6c7ccc(-n8c9ccccc9c9ccccc98)cc7c7cc(-n8c9ccccc9c9ccccc98)ccc76)c([N+]#[C-])c5)cc4)cc3)nc(-c3cccc([N+]#[C-])c3)n2)c1. The van der Waals surface area contributed by atoms with Gasteiger partial charge in [0.25, 0.3) is 0 Å². The molecule has 0 unspecified atom stereocenters. The zero-order valence-corrected chi connectivity index (χ0v) is 44.2. The maximum absolute atomic E-state index is 8.74. The van der Waals surface area contributed by atoms with Crippen molar-refractivity contribution in [2.75, 3.05) is 0 Å². The second-order valence-electron chi connectivity index (χ2n) is 20.5. The Bertz CT molecular complexity index is 4990. The van der Waals surface area contributed by atoms with Gasteiger partial charge in [0.15, 0.2) is 17.2 Å². The number of fused-ring (bicyclic) bond motifs is 9. The summed E-state index contributed by atoms with van der Waals surface area (Å²) in [6.45, 7) is 32.7. The number of rotatable bonds is 8. The standard InChI is InChI=1S/C74H41N9/c1-75-53-17-13-15-50(39-53)64-45-63(79-74(80-64)51-16-14-18-54(40-51)76-2)49-33-31-47(32-34-49)46-27-29-48(30-28-46)52-41-65(77-3)73(66(42-52)78-4)83-71-37-35-55(81-67-23-9-5-19-57(67)58-20-6-10-24-68(58)81)43-61(71)62-44-56(36-38-72(62)83)82-69-25-11-7-21-59(69)60-22-8-12-26-70(60)82/h5-45H. The Kier molecular flexibility index (Phi) is 11.2. The van der Waals surface area contributed by atoms with Gasteiger partial charge in [0, 0.05) is 54.8 Å². The van der Waals surface area contributed by atoms with Crippen LogP contribution in [0.3, 0.4) is 0 Å². The molecule has 9 heteroatoms. The summed E-state index contributed by atoms with van der Waals surface area (Å²) in [4.78, 5) is 25.5. The molecule has 83 heavy (non-hydrogen) atoms. The second kappa shape index (κ2) is 19.3. The van der Waals surface area contributed by atoms with E-state index in [1.54, 1.807) is 18.2 Å². The van der Waals surface area contributed by atoms with Crippen LogP contribution in [0, 0.1) is 26.3 Å². The molecule has 15 rings (SSSR count). The Morgan fingerprint density at radius 1 is 0.265 bits per heavy atom. The average molecular weight is 1060 g/mol. The average Bonchev–Trinajstić information content (AvgIpc) is 4.40. The lowest BCUT2D eigenvalue weighted by Gasteiger charge is -2.16. The first-order valence-corrected chi connectivity index (χ1v) is 27.0. The second-order valence-corrected chi connectivity index (χ2v) is 20.5. The van der Waals surface area contributed by atoms with Gasteiger partial charge in [-0.15, -0.1) is 0 Å². The molecule has 4 heterocycles. The van der Waals surface area contributed by atoms with Crippen molar-refractivity contribution in [2.24, 2.45) is 0 Å². The highest BCUT2D eigenvalue weighted by Crippen LogP contribution is 2.46. The van der Waals surface area contributed by atoms with Crippen molar-refractivity contribution >= 4 is 88.2 Å². The molecule has 0 saturated heterocycles. The number of hydrogen-bond acceptors (Lipinski definition) is 2. The Labute approximate surface area is 477 Å². The topological polar surface area (TPSA) is 58.0 Å². The largest absolute Gasteiger partial charge is 0.329 e. The van der Waals surface area contributed by atoms with E-state index in [0.717, 1.165) is 94.2 Å². The molecule has 15 aromatic rings. The number of nitrogens with zero attached hydrogens (tertiary/aromatic N) is 9. The zero-order chi connectivity index (χ0) is 55.7. The van der Waals surface area contributed by atoms with Crippen LogP contribution >= 0.6 is 0 Å². The molecule has 0 aliphatic heterocycles. The Morgan fingerprint density at radius 3 is 1.10 bits per heavy atom. The number of aromatic nitrogens is 5. The van der Waals surface area contributed by atoms with Crippen LogP contribution < -0.4 is 0 Å². The van der Waals surface area contributed by atoms with Crippen LogP contribution in [0.4, 0.5) is 22.7 Å². The molecular formula is C74H41N9. The van der Waals surface area contributed by atoms with Gasteiger partial charge < -0.3 is 13.7 Å². The van der Waals surface area contributed by atoms with E-state index < -0.39 is 0 Å². The molecule has 0 bridgehead atoms. The van der Waals surface area contributed by atoms with Crippen molar-refractivity contribution < 1.29 is 0 Å². The molecule has 0 aliphatic carbocycles. The van der Waals surface area contributed by atoms with E-state index in [1.165, 1.54) is 21.5 Å². The number of benzene rings is 11. The first-order valence-electron chi connectivity index (χ1n) is 27.0. The van der Waals surface area contributed by atoms with Gasteiger partial charge in [-0.25, -0.2) is 29.3 Å². The molecule has 11 aromatic carbocycles. The third-order valence-electron chi connectivity index (χ3n) is 15.9. The first kappa shape index (κ1) is 48.0. The molecule has 9 nitrogen and oxygen atoms in total. The molecule has 0 spiro atoms. The van der Waals surface area contributed by atoms with Crippen LogP contribution in [0.1, 0.15) is 0 Å². The lowest BCUT2D eigenvalue weighted by molar-refractivity contribution is 1.17. The van der Waals surface area contributed by atoms with Crippen molar-refractivity contribution in [3.63, 3.8) is 0 Å². The fourth-order valence-corrected chi connectivity index (χ4v) is 12.1. The summed E-state index contributed by atoms with van der Waals surface area (Å²) in [5, 5.41) is 6.72. The van der Waals surface area contributed by atoms with E-state index >= 15 is 0 Å². The minimum Gasteiger partial charge on any atom is -0.329 e. The lowest BCUT2D eigenvalue weighted by atomic mass is 9.98. The summed E-state index contributed by atoms with van der Waals surface area (Å²) >= 11 is 0. The smallest absolute Gasteiger partial charge is 0.200 e. The van der Waals surface area contributed by atoms with Crippen molar-refractivity contribution in [2.45, 2.75) is 0 Å². The van der Waals surface area contributed by atoms with E-state index in [-0.39, 0.29) is 0 Å². The number of hydrogen-bond donors (Lipinski definition) is 0. The number of para-hydroxylation sites is 4. The highest BCUT2D eigenvalue weighted by Gasteiger charge is 2.23. The molecule has 0 fully saturated rings. The molecule has 0 amide bonds.